The van der Waals surface area contributed by atoms with Crippen LogP contribution >= 0.6 is 15.6 Å². The molecular formula is C73H142O17P2. The zero-order valence-corrected chi connectivity index (χ0v) is 61.8. The van der Waals surface area contributed by atoms with Gasteiger partial charge in [0.1, 0.15) is 19.3 Å². The zero-order chi connectivity index (χ0) is 68.0. The highest BCUT2D eigenvalue weighted by atomic mass is 31.2. The first kappa shape index (κ1) is 90.1. The molecule has 0 rings (SSSR count). The van der Waals surface area contributed by atoms with E-state index in [1.807, 2.05) is 0 Å². The molecule has 0 aliphatic carbocycles. The second-order valence-electron chi connectivity index (χ2n) is 27.8. The van der Waals surface area contributed by atoms with E-state index in [4.69, 9.17) is 37.0 Å². The summed E-state index contributed by atoms with van der Waals surface area (Å²) in [6.07, 6.45) is 48.6. The number of phosphoric ester groups is 2. The van der Waals surface area contributed by atoms with Crippen LogP contribution in [0.25, 0.3) is 0 Å². The topological polar surface area (TPSA) is 237 Å². The number of carbonyl (C=O) groups is 4. The van der Waals surface area contributed by atoms with Crippen LogP contribution in [0.2, 0.25) is 0 Å². The minimum atomic E-state index is -4.95. The Bertz CT molecular complexity index is 1800. The quantitative estimate of drug-likeness (QED) is 0.0222. The van der Waals surface area contributed by atoms with E-state index in [9.17, 15) is 43.2 Å². The van der Waals surface area contributed by atoms with Gasteiger partial charge in [-0.3, -0.25) is 37.3 Å². The molecule has 0 bridgehead atoms. The molecule has 17 nitrogen and oxygen atoms in total. The monoisotopic (exact) mass is 1350 g/mol. The molecule has 0 aromatic heterocycles. The Morgan fingerprint density at radius 3 is 0.739 bits per heavy atom. The molecule has 0 fully saturated rings. The van der Waals surface area contributed by atoms with Crippen LogP contribution in [0.15, 0.2) is 0 Å². The first-order chi connectivity index (χ1) is 44.2. The Kier molecular flexibility index (Phi) is 62.4. The van der Waals surface area contributed by atoms with Crippen molar-refractivity contribution in [2.24, 2.45) is 17.8 Å². The fraction of sp³-hybridized carbons (Fsp3) is 0.945. The lowest BCUT2D eigenvalue weighted by molar-refractivity contribution is -0.161. The van der Waals surface area contributed by atoms with E-state index in [1.165, 1.54) is 173 Å². The number of phosphoric acid groups is 2. The first-order valence-corrected chi connectivity index (χ1v) is 40.8. The molecule has 0 amide bonds. The fourth-order valence-electron chi connectivity index (χ4n) is 11.1. The third kappa shape index (κ3) is 66.7. The summed E-state index contributed by atoms with van der Waals surface area (Å²) in [4.78, 5) is 72.7. The molecule has 546 valence electrons. The summed E-state index contributed by atoms with van der Waals surface area (Å²) in [7, 11) is -9.91. The van der Waals surface area contributed by atoms with Gasteiger partial charge in [-0.1, -0.05) is 318 Å². The molecular weight excluding hydrogens is 1210 g/mol. The number of rotatable bonds is 71. The van der Waals surface area contributed by atoms with E-state index >= 15 is 0 Å². The lowest BCUT2D eigenvalue weighted by Crippen LogP contribution is -2.30. The highest BCUT2D eigenvalue weighted by molar-refractivity contribution is 7.47. The van der Waals surface area contributed by atoms with Crippen molar-refractivity contribution in [1.82, 2.24) is 0 Å². The van der Waals surface area contributed by atoms with Gasteiger partial charge in [0.2, 0.25) is 0 Å². The van der Waals surface area contributed by atoms with Crippen LogP contribution in [0.3, 0.4) is 0 Å². The lowest BCUT2D eigenvalue weighted by Gasteiger charge is -2.21. The van der Waals surface area contributed by atoms with Crippen LogP contribution in [0.5, 0.6) is 0 Å². The van der Waals surface area contributed by atoms with E-state index < -0.39 is 97.5 Å². The maximum absolute atomic E-state index is 13.1. The van der Waals surface area contributed by atoms with Gasteiger partial charge in [0.05, 0.1) is 26.4 Å². The van der Waals surface area contributed by atoms with Crippen LogP contribution in [0.4, 0.5) is 0 Å². The molecule has 0 spiro atoms. The lowest BCUT2D eigenvalue weighted by atomic mass is 10.0. The maximum Gasteiger partial charge on any atom is 0.472 e. The fourth-order valence-corrected chi connectivity index (χ4v) is 12.7. The number of ether oxygens (including phenoxy) is 4. The summed E-state index contributed by atoms with van der Waals surface area (Å²) in [6.45, 7) is 11.8. The van der Waals surface area contributed by atoms with Crippen LogP contribution in [0.1, 0.15) is 370 Å². The Morgan fingerprint density at radius 1 is 0.293 bits per heavy atom. The van der Waals surface area contributed by atoms with E-state index in [0.717, 1.165) is 108 Å². The van der Waals surface area contributed by atoms with Crippen molar-refractivity contribution in [3.05, 3.63) is 0 Å². The van der Waals surface area contributed by atoms with Crippen LogP contribution in [-0.2, 0) is 65.4 Å². The molecule has 3 N–H and O–H groups in total. The molecule has 0 aliphatic heterocycles. The predicted molar refractivity (Wildman–Crippen MR) is 372 cm³/mol. The molecule has 0 saturated carbocycles. The summed E-state index contributed by atoms with van der Waals surface area (Å²) < 4.78 is 68.4. The second kappa shape index (κ2) is 63.8. The molecule has 0 aromatic rings. The van der Waals surface area contributed by atoms with Crippen molar-refractivity contribution in [3.63, 3.8) is 0 Å². The summed E-state index contributed by atoms with van der Waals surface area (Å²) in [5, 5.41) is 10.6. The Hall–Kier alpha value is -1.94. The van der Waals surface area contributed by atoms with Crippen molar-refractivity contribution >= 4 is 39.5 Å². The zero-order valence-electron chi connectivity index (χ0n) is 60.0. The standard InChI is InChI=1S/C73H142O17P2/c1-8-9-10-11-12-13-14-15-16-22-28-33-42-49-56-73(78)90-69(61-84-71(76)55-48-41-36-35-39-46-53-66(6)7)63-88-92(81,82)86-59-67(74)58-85-91(79,80)87-62-68(60-83-70(75)54-47-40-32-27-24-19-21-26-31-38-45-52-65(4)5)89-72(77)57-50-43-34-29-23-18-17-20-25-30-37-44-51-64(2)3/h64-69,74H,8-63H2,1-7H3,(H,79,80)(H,81,82)/t67-,68-,69-/m1/s1. The molecule has 0 aliphatic rings. The molecule has 19 heteroatoms. The molecule has 5 atom stereocenters. The summed E-state index contributed by atoms with van der Waals surface area (Å²) >= 11 is 0. The predicted octanol–water partition coefficient (Wildman–Crippen LogP) is 21.0. The van der Waals surface area contributed by atoms with Gasteiger partial charge in [-0.25, -0.2) is 9.13 Å². The smallest absolute Gasteiger partial charge is 0.462 e. The summed E-state index contributed by atoms with van der Waals surface area (Å²) in [6, 6.07) is 0. The van der Waals surface area contributed by atoms with Crippen LogP contribution < -0.4 is 0 Å². The third-order valence-corrected chi connectivity index (χ3v) is 18.8. The number of aliphatic hydroxyl groups is 1. The van der Waals surface area contributed by atoms with Gasteiger partial charge in [-0.05, 0) is 43.4 Å². The number of hydrogen-bond acceptors (Lipinski definition) is 15. The van der Waals surface area contributed by atoms with Gasteiger partial charge in [-0.15, -0.1) is 0 Å². The molecule has 0 heterocycles. The Labute approximate surface area is 562 Å². The molecule has 0 radical (unpaired) electrons. The van der Waals surface area contributed by atoms with Crippen LogP contribution in [-0.4, -0.2) is 96.7 Å². The van der Waals surface area contributed by atoms with Gasteiger partial charge in [0.25, 0.3) is 0 Å². The van der Waals surface area contributed by atoms with Crippen molar-refractivity contribution in [1.29, 1.82) is 0 Å². The second-order valence-corrected chi connectivity index (χ2v) is 30.7. The largest absolute Gasteiger partial charge is 0.472 e. The van der Waals surface area contributed by atoms with E-state index in [2.05, 4.69) is 48.5 Å². The van der Waals surface area contributed by atoms with Gasteiger partial charge in [0.15, 0.2) is 12.2 Å². The highest BCUT2D eigenvalue weighted by Gasteiger charge is 2.30. The first-order valence-electron chi connectivity index (χ1n) is 37.8. The minimum absolute atomic E-state index is 0.106. The highest BCUT2D eigenvalue weighted by Crippen LogP contribution is 2.45. The normalized spacial score (nSPS) is 14.1. The van der Waals surface area contributed by atoms with E-state index in [1.54, 1.807) is 0 Å². The molecule has 92 heavy (non-hydrogen) atoms. The third-order valence-electron chi connectivity index (χ3n) is 16.9. The van der Waals surface area contributed by atoms with Crippen molar-refractivity contribution < 1.29 is 80.2 Å². The summed E-state index contributed by atoms with van der Waals surface area (Å²) in [5.41, 5.74) is 0. The van der Waals surface area contributed by atoms with Crippen molar-refractivity contribution in [2.45, 2.75) is 388 Å². The number of hydrogen-bond donors (Lipinski definition) is 3. The molecule has 0 saturated heterocycles. The van der Waals surface area contributed by atoms with Gasteiger partial charge in [-0.2, -0.15) is 0 Å². The van der Waals surface area contributed by atoms with E-state index in [0.29, 0.717) is 31.6 Å². The number of esters is 4. The minimum Gasteiger partial charge on any atom is -0.462 e. The van der Waals surface area contributed by atoms with Crippen molar-refractivity contribution in [3.8, 4) is 0 Å². The van der Waals surface area contributed by atoms with Crippen LogP contribution in [0, 0.1) is 17.8 Å². The average Bonchev–Trinajstić information content (AvgIpc) is 2.52. The van der Waals surface area contributed by atoms with Gasteiger partial charge >= 0.3 is 39.5 Å². The SMILES string of the molecule is CCCCCCCCCCCCCCCCC(=O)O[C@H](COC(=O)CCCCCCCCC(C)C)COP(=O)(O)OC[C@H](O)COP(=O)(O)OC[C@@H](COC(=O)CCCCCCCCCCCCCC(C)C)OC(=O)CCCCCCCCCCCCCCC(C)C. The average molecular weight is 1350 g/mol. The van der Waals surface area contributed by atoms with E-state index in [-0.39, 0.29) is 25.7 Å². The summed E-state index contributed by atoms with van der Waals surface area (Å²) in [5.74, 6) is 0.105. The number of carbonyl (C=O) groups excluding carboxylic acids is 4. The molecule has 2 unspecified atom stereocenters. The number of unbranched alkanes of at least 4 members (excludes halogenated alkanes) is 39. The van der Waals surface area contributed by atoms with Gasteiger partial charge in [0, 0.05) is 25.7 Å². The van der Waals surface area contributed by atoms with Crippen molar-refractivity contribution in [2.75, 3.05) is 39.6 Å². The number of aliphatic hydroxyl groups excluding tert-OH is 1. The molecule has 0 aromatic carbocycles. The maximum atomic E-state index is 13.1. The van der Waals surface area contributed by atoms with Gasteiger partial charge < -0.3 is 33.8 Å². The Morgan fingerprint density at radius 2 is 0.500 bits per heavy atom. The Balaban J connectivity index is 5.25.